The minimum Gasteiger partial charge on any atom is -0.422 e. The Morgan fingerprint density at radius 3 is 2.62 bits per heavy atom. The smallest absolute Gasteiger partial charge is 0.336 e. The second kappa shape index (κ2) is 8.41. The number of carbonyl (C=O) groups excluding carboxylic acids is 1. The van der Waals surface area contributed by atoms with E-state index < -0.39 is 21.6 Å². The van der Waals surface area contributed by atoms with Crippen LogP contribution in [0.25, 0.3) is 21.9 Å². The Bertz CT molecular complexity index is 1730. The van der Waals surface area contributed by atoms with E-state index in [1.54, 1.807) is 54.7 Å². The lowest BCUT2D eigenvalue weighted by atomic mass is 10.1. The molecule has 3 heterocycles. The first kappa shape index (κ1) is 21.3. The quantitative estimate of drug-likeness (QED) is 0.372. The number of nitrogens with zero attached hydrogens (tertiary/aromatic N) is 2. The second-order valence-corrected chi connectivity index (χ2v) is 8.93. The minimum atomic E-state index is -4.07. The number of nitrogens with one attached hydrogen (secondary N) is 2. The zero-order valence-corrected chi connectivity index (χ0v) is 18.2. The molecule has 0 aliphatic rings. The molecule has 5 rings (SSSR count). The molecule has 0 fully saturated rings. The van der Waals surface area contributed by atoms with Crippen molar-refractivity contribution in [3.8, 4) is 0 Å². The maximum absolute atomic E-state index is 13.0. The molecular weight excluding hydrogens is 456 g/mol. The molecule has 0 aliphatic carbocycles. The molecule has 34 heavy (non-hydrogen) atoms. The van der Waals surface area contributed by atoms with Gasteiger partial charge in [0, 0.05) is 41.0 Å². The van der Waals surface area contributed by atoms with Crippen molar-refractivity contribution < 1.29 is 17.6 Å². The second-order valence-electron chi connectivity index (χ2n) is 7.30. The summed E-state index contributed by atoms with van der Waals surface area (Å²) in [6.07, 6.45) is 2.90. The van der Waals surface area contributed by atoms with E-state index in [0.717, 1.165) is 0 Å². The van der Waals surface area contributed by atoms with Crippen LogP contribution in [0.1, 0.15) is 10.4 Å². The van der Waals surface area contributed by atoms with Crippen LogP contribution >= 0.6 is 0 Å². The van der Waals surface area contributed by atoms with Gasteiger partial charge in [-0.25, -0.2) is 9.78 Å². The Morgan fingerprint density at radius 1 is 0.882 bits per heavy atom. The molecule has 1 amide bonds. The number of hydrogen-bond donors (Lipinski definition) is 2. The third-order valence-corrected chi connectivity index (χ3v) is 6.31. The van der Waals surface area contributed by atoms with Crippen molar-refractivity contribution in [1.82, 2.24) is 9.97 Å². The summed E-state index contributed by atoms with van der Waals surface area (Å²) in [4.78, 5) is 32.7. The van der Waals surface area contributed by atoms with Crippen molar-refractivity contribution in [1.29, 1.82) is 0 Å². The number of amides is 1. The van der Waals surface area contributed by atoms with E-state index in [4.69, 9.17) is 4.42 Å². The largest absolute Gasteiger partial charge is 0.422 e. The van der Waals surface area contributed by atoms with Gasteiger partial charge in [-0.2, -0.15) is 8.42 Å². The Kier molecular flexibility index (Phi) is 5.27. The van der Waals surface area contributed by atoms with Crippen LogP contribution in [0.3, 0.4) is 0 Å². The Balaban J connectivity index is 1.44. The first-order valence-corrected chi connectivity index (χ1v) is 11.6. The zero-order valence-electron chi connectivity index (χ0n) is 17.4. The van der Waals surface area contributed by atoms with Gasteiger partial charge < -0.3 is 9.73 Å². The maximum Gasteiger partial charge on any atom is 0.336 e. The topological polar surface area (TPSA) is 131 Å². The molecule has 0 saturated heterocycles. The van der Waals surface area contributed by atoms with Gasteiger partial charge >= 0.3 is 5.63 Å². The summed E-state index contributed by atoms with van der Waals surface area (Å²) < 4.78 is 33.7. The van der Waals surface area contributed by atoms with E-state index in [0.29, 0.717) is 22.0 Å². The van der Waals surface area contributed by atoms with Crippen molar-refractivity contribution in [2.24, 2.45) is 0 Å². The zero-order chi connectivity index (χ0) is 23.7. The van der Waals surface area contributed by atoms with Gasteiger partial charge in [-0.1, -0.05) is 18.2 Å². The molecule has 0 saturated carbocycles. The van der Waals surface area contributed by atoms with E-state index in [1.807, 2.05) is 0 Å². The molecule has 9 nitrogen and oxygen atoms in total. The average Bonchev–Trinajstić information content (AvgIpc) is 2.84. The lowest BCUT2D eigenvalue weighted by molar-refractivity contribution is 0.102. The van der Waals surface area contributed by atoms with Crippen molar-refractivity contribution in [3.05, 3.63) is 101 Å². The van der Waals surface area contributed by atoms with Gasteiger partial charge in [0.15, 0.2) is 10.6 Å². The maximum atomic E-state index is 13.0. The normalized spacial score (nSPS) is 11.4. The average molecular weight is 472 g/mol. The summed E-state index contributed by atoms with van der Waals surface area (Å²) in [7, 11) is -4.07. The van der Waals surface area contributed by atoms with Crippen LogP contribution in [0.5, 0.6) is 0 Å². The standard InChI is InChI=1S/C24H16N4O5S/c29-22-10-9-15-4-1-5-18(23(15)33-22)24(30)27-16-11-13-26-21(14-16)34(31,32)28-20-8-2-7-19-17(20)6-3-12-25-19/h1-14,28H,(H,26,27,30). The van der Waals surface area contributed by atoms with E-state index in [-0.39, 0.29) is 21.9 Å². The Morgan fingerprint density at radius 2 is 1.74 bits per heavy atom. The summed E-state index contributed by atoms with van der Waals surface area (Å²) in [5, 5.41) is 3.57. The lowest BCUT2D eigenvalue weighted by Crippen LogP contribution is -2.17. The van der Waals surface area contributed by atoms with Crippen molar-refractivity contribution in [3.63, 3.8) is 0 Å². The molecule has 5 aromatic rings. The fraction of sp³-hybridized carbons (Fsp3) is 0. The van der Waals surface area contributed by atoms with Crippen LogP contribution in [-0.2, 0) is 10.0 Å². The SMILES string of the molecule is O=C(Nc1ccnc(S(=O)(=O)Nc2cccc3ncccc23)c1)c1cccc2ccc(=O)oc12. The molecule has 168 valence electrons. The van der Waals surface area contributed by atoms with Gasteiger partial charge in [0.1, 0.15) is 0 Å². The van der Waals surface area contributed by atoms with Crippen LogP contribution in [0.2, 0.25) is 0 Å². The molecule has 0 radical (unpaired) electrons. The minimum absolute atomic E-state index is 0.137. The van der Waals surface area contributed by atoms with Gasteiger partial charge in [-0.3, -0.25) is 14.5 Å². The van der Waals surface area contributed by atoms with Gasteiger partial charge in [-0.05, 0) is 42.5 Å². The molecule has 2 aromatic carbocycles. The van der Waals surface area contributed by atoms with E-state index in [2.05, 4.69) is 20.0 Å². The molecule has 10 heteroatoms. The molecule has 3 aromatic heterocycles. The number of carbonyl (C=O) groups is 1. The molecule has 0 unspecified atom stereocenters. The number of pyridine rings is 2. The molecule has 0 bridgehead atoms. The van der Waals surface area contributed by atoms with Crippen LogP contribution in [0, 0.1) is 0 Å². The van der Waals surface area contributed by atoms with Crippen molar-refractivity contribution in [2.75, 3.05) is 10.0 Å². The van der Waals surface area contributed by atoms with Crippen LogP contribution in [0.15, 0.2) is 99.4 Å². The lowest BCUT2D eigenvalue weighted by Gasteiger charge is -2.11. The molecule has 2 N–H and O–H groups in total. The number of fused-ring (bicyclic) bond motifs is 2. The summed E-state index contributed by atoms with van der Waals surface area (Å²) >= 11 is 0. The molecule has 0 spiro atoms. The van der Waals surface area contributed by atoms with Gasteiger partial charge in [-0.15, -0.1) is 0 Å². The summed E-state index contributed by atoms with van der Waals surface area (Å²) in [6.45, 7) is 0. The summed E-state index contributed by atoms with van der Waals surface area (Å²) in [5.41, 5.74) is 0.888. The number of anilines is 2. The van der Waals surface area contributed by atoms with Crippen molar-refractivity contribution >= 4 is 49.2 Å². The predicted octanol–water partition coefficient (Wildman–Crippen LogP) is 3.79. The summed E-state index contributed by atoms with van der Waals surface area (Å²) in [5.74, 6) is -0.567. The van der Waals surface area contributed by atoms with E-state index >= 15 is 0 Å². The molecule has 0 aliphatic heterocycles. The summed E-state index contributed by atoms with van der Waals surface area (Å²) in [6, 6.07) is 19.0. The molecular formula is C24H16N4O5S. The van der Waals surface area contributed by atoms with Gasteiger partial charge in [0.25, 0.3) is 15.9 Å². The number of aromatic nitrogens is 2. The number of rotatable bonds is 5. The highest BCUT2D eigenvalue weighted by Crippen LogP contribution is 2.25. The van der Waals surface area contributed by atoms with Crippen LogP contribution in [-0.4, -0.2) is 24.3 Å². The van der Waals surface area contributed by atoms with Crippen LogP contribution < -0.4 is 15.7 Å². The fourth-order valence-electron chi connectivity index (χ4n) is 3.49. The molecule has 0 atom stereocenters. The predicted molar refractivity (Wildman–Crippen MR) is 127 cm³/mol. The van der Waals surface area contributed by atoms with Gasteiger partial charge in [0.2, 0.25) is 0 Å². The number of hydrogen-bond acceptors (Lipinski definition) is 7. The van der Waals surface area contributed by atoms with E-state index in [1.165, 1.54) is 30.5 Å². The highest BCUT2D eigenvalue weighted by molar-refractivity contribution is 7.92. The van der Waals surface area contributed by atoms with Crippen LogP contribution in [0.4, 0.5) is 11.4 Å². The number of sulfonamides is 1. The highest BCUT2D eigenvalue weighted by Gasteiger charge is 2.19. The monoisotopic (exact) mass is 472 g/mol. The Hall–Kier alpha value is -4.57. The highest BCUT2D eigenvalue weighted by atomic mass is 32.2. The first-order chi connectivity index (χ1) is 16.4. The fourth-order valence-corrected chi connectivity index (χ4v) is 4.55. The number of para-hydroxylation sites is 1. The van der Waals surface area contributed by atoms with Crippen molar-refractivity contribution in [2.45, 2.75) is 5.03 Å². The van der Waals surface area contributed by atoms with E-state index in [9.17, 15) is 18.0 Å². The third kappa shape index (κ3) is 4.09. The first-order valence-electron chi connectivity index (χ1n) is 10.1. The Labute approximate surface area is 193 Å². The van der Waals surface area contributed by atoms with Gasteiger partial charge in [0.05, 0.1) is 16.8 Å². The third-order valence-electron chi connectivity index (χ3n) is 5.05. The number of benzene rings is 2.